The van der Waals surface area contributed by atoms with Gasteiger partial charge in [-0.05, 0) is 86.1 Å². The van der Waals surface area contributed by atoms with Crippen LogP contribution < -0.4 is 4.74 Å². The van der Waals surface area contributed by atoms with Gasteiger partial charge in [-0.25, -0.2) is 0 Å². The predicted octanol–water partition coefficient (Wildman–Crippen LogP) is 7.77. The van der Waals surface area contributed by atoms with Crippen molar-refractivity contribution in [2.24, 2.45) is 5.92 Å². The van der Waals surface area contributed by atoms with Crippen molar-refractivity contribution in [3.63, 3.8) is 0 Å². The Morgan fingerprint density at radius 3 is 2.09 bits per heavy atom. The normalized spacial score (nSPS) is 17.8. The summed E-state index contributed by atoms with van der Waals surface area (Å²) in [4.78, 5) is 12.3. The highest BCUT2D eigenvalue weighted by Crippen LogP contribution is 2.28. The molecule has 0 heterocycles. The summed E-state index contributed by atoms with van der Waals surface area (Å²) in [6, 6.07) is 16.7. The number of rotatable bonds is 15. The third-order valence-corrected chi connectivity index (χ3v) is 7.02. The quantitative estimate of drug-likeness (QED) is 0.193. The van der Waals surface area contributed by atoms with Crippen LogP contribution in [0.1, 0.15) is 83.6 Å². The molecule has 1 aliphatic carbocycles. The van der Waals surface area contributed by atoms with Gasteiger partial charge in [0, 0.05) is 19.6 Å². The maximum atomic E-state index is 12.3. The zero-order valence-electron chi connectivity index (χ0n) is 21.8. The second-order valence-corrected chi connectivity index (χ2v) is 9.78. The van der Waals surface area contributed by atoms with Gasteiger partial charge < -0.3 is 14.2 Å². The van der Waals surface area contributed by atoms with Gasteiger partial charge in [0.2, 0.25) is 0 Å². The molecule has 0 spiro atoms. The monoisotopic (exact) mass is 480 g/mol. The zero-order chi connectivity index (χ0) is 24.7. The molecule has 0 radical (unpaired) electrons. The van der Waals surface area contributed by atoms with Gasteiger partial charge in [-0.3, -0.25) is 4.79 Å². The fourth-order valence-electron chi connectivity index (χ4n) is 4.60. The minimum Gasteiger partial charge on any atom is -0.494 e. The molecule has 35 heavy (non-hydrogen) atoms. The average molecular weight is 481 g/mol. The molecule has 2 aromatic rings. The van der Waals surface area contributed by atoms with Gasteiger partial charge in [0.1, 0.15) is 11.9 Å². The Balaban J connectivity index is 1.34. The Labute approximate surface area is 212 Å². The topological polar surface area (TPSA) is 44.8 Å². The molecule has 0 unspecified atom stereocenters. The van der Waals surface area contributed by atoms with Crippen molar-refractivity contribution in [1.29, 1.82) is 0 Å². The second kappa shape index (κ2) is 15.6. The van der Waals surface area contributed by atoms with Crippen LogP contribution in [0, 0.1) is 5.92 Å². The van der Waals surface area contributed by atoms with E-state index in [-0.39, 0.29) is 12.1 Å². The van der Waals surface area contributed by atoms with E-state index in [1.807, 2.05) is 12.1 Å². The fraction of sp³-hybridized carbons (Fsp3) is 0.581. The SMILES string of the molecule is CCCCOCCCCOc1ccc(-c2ccc(CCC(=O)OC3CCC(CC)CC3)cc2)cc1. The van der Waals surface area contributed by atoms with Crippen LogP contribution in [0.15, 0.2) is 48.5 Å². The van der Waals surface area contributed by atoms with Crippen LogP contribution in [0.3, 0.4) is 0 Å². The molecule has 0 amide bonds. The van der Waals surface area contributed by atoms with Gasteiger partial charge in [0.15, 0.2) is 0 Å². The predicted molar refractivity (Wildman–Crippen MR) is 143 cm³/mol. The van der Waals surface area contributed by atoms with Crippen molar-refractivity contribution in [3.8, 4) is 16.9 Å². The summed E-state index contributed by atoms with van der Waals surface area (Å²) < 4.78 is 17.2. The molecule has 192 valence electrons. The molecule has 3 rings (SSSR count). The number of ether oxygens (including phenoxy) is 3. The van der Waals surface area contributed by atoms with Crippen LogP contribution in [0.25, 0.3) is 11.1 Å². The Morgan fingerprint density at radius 2 is 1.43 bits per heavy atom. The number of unbranched alkanes of at least 4 members (excludes halogenated alkanes) is 2. The maximum Gasteiger partial charge on any atom is 0.306 e. The summed E-state index contributed by atoms with van der Waals surface area (Å²) in [5.41, 5.74) is 3.49. The number of esters is 1. The highest BCUT2D eigenvalue weighted by Gasteiger charge is 2.22. The lowest BCUT2D eigenvalue weighted by Gasteiger charge is -2.27. The smallest absolute Gasteiger partial charge is 0.306 e. The molecule has 0 atom stereocenters. The molecule has 2 aromatic carbocycles. The van der Waals surface area contributed by atoms with Crippen LogP contribution in [0.4, 0.5) is 0 Å². The van der Waals surface area contributed by atoms with E-state index in [1.165, 1.54) is 36.8 Å². The largest absolute Gasteiger partial charge is 0.494 e. The van der Waals surface area contributed by atoms with Crippen molar-refractivity contribution < 1.29 is 19.0 Å². The van der Waals surface area contributed by atoms with Gasteiger partial charge in [-0.15, -0.1) is 0 Å². The first-order valence-electron chi connectivity index (χ1n) is 13.8. The highest BCUT2D eigenvalue weighted by molar-refractivity contribution is 5.70. The molecular weight excluding hydrogens is 436 g/mol. The molecule has 4 heteroatoms. The average Bonchev–Trinajstić information content (AvgIpc) is 2.90. The number of carbonyl (C=O) groups is 1. The molecule has 0 saturated heterocycles. The summed E-state index contributed by atoms with van der Waals surface area (Å²) in [6.45, 7) is 6.83. The lowest BCUT2D eigenvalue weighted by Crippen LogP contribution is -2.24. The maximum absolute atomic E-state index is 12.3. The Hall–Kier alpha value is -2.33. The van der Waals surface area contributed by atoms with Crippen molar-refractivity contribution in [2.45, 2.75) is 90.6 Å². The molecular formula is C31H44O4. The van der Waals surface area contributed by atoms with Gasteiger partial charge >= 0.3 is 5.97 Å². The molecule has 0 aliphatic heterocycles. The van der Waals surface area contributed by atoms with Gasteiger partial charge in [0.05, 0.1) is 6.61 Å². The number of hydrogen-bond donors (Lipinski definition) is 0. The minimum absolute atomic E-state index is 0.0615. The van der Waals surface area contributed by atoms with Crippen LogP contribution in [-0.2, 0) is 20.7 Å². The van der Waals surface area contributed by atoms with Crippen molar-refractivity contribution in [3.05, 3.63) is 54.1 Å². The molecule has 4 nitrogen and oxygen atoms in total. The van der Waals surface area contributed by atoms with Crippen LogP contribution in [0.2, 0.25) is 0 Å². The van der Waals surface area contributed by atoms with E-state index < -0.39 is 0 Å². The fourth-order valence-corrected chi connectivity index (χ4v) is 4.60. The molecule has 1 saturated carbocycles. The van der Waals surface area contributed by atoms with E-state index >= 15 is 0 Å². The molecule has 1 aliphatic rings. The molecule has 0 N–H and O–H groups in total. The summed E-state index contributed by atoms with van der Waals surface area (Å²) in [6.07, 6.45) is 11.3. The number of hydrogen-bond acceptors (Lipinski definition) is 4. The molecule has 1 fully saturated rings. The first kappa shape index (κ1) is 27.3. The third-order valence-electron chi connectivity index (χ3n) is 7.02. The first-order valence-corrected chi connectivity index (χ1v) is 13.8. The van der Waals surface area contributed by atoms with Gasteiger partial charge in [-0.2, -0.15) is 0 Å². The van der Waals surface area contributed by atoms with Gasteiger partial charge in [0.25, 0.3) is 0 Å². The summed E-state index contributed by atoms with van der Waals surface area (Å²) >= 11 is 0. The highest BCUT2D eigenvalue weighted by atomic mass is 16.5. The summed E-state index contributed by atoms with van der Waals surface area (Å²) in [5, 5.41) is 0. The van der Waals surface area contributed by atoms with Gasteiger partial charge in [-0.1, -0.05) is 63.1 Å². The van der Waals surface area contributed by atoms with Crippen molar-refractivity contribution >= 4 is 5.97 Å². The Morgan fingerprint density at radius 1 is 0.800 bits per heavy atom. The number of benzene rings is 2. The molecule has 0 bridgehead atoms. The number of carbonyl (C=O) groups excluding carboxylic acids is 1. The summed E-state index contributed by atoms with van der Waals surface area (Å²) in [7, 11) is 0. The van der Waals surface area contributed by atoms with E-state index in [4.69, 9.17) is 14.2 Å². The van der Waals surface area contributed by atoms with Crippen LogP contribution in [-0.4, -0.2) is 31.9 Å². The first-order chi connectivity index (χ1) is 17.2. The zero-order valence-corrected chi connectivity index (χ0v) is 21.8. The van der Waals surface area contributed by atoms with E-state index in [1.54, 1.807) is 0 Å². The lowest BCUT2D eigenvalue weighted by molar-refractivity contribution is -0.150. The Kier molecular flexibility index (Phi) is 12.2. The third kappa shape index (κ3) is 10.0. The Bertz CT molecular complexity index is 835. The van der Waals surface area contributed by atoms with Crippen molar-refractivity contribution in [2.75, 3.05) is 19.8 Å². The second-order valence-electron chi connectivity index (χ2n) is 9.78. The van der Waals surface area contributed by atoms with E-state index in [9.17, 15) is 4.79 Å². The van der Waals surface area contributed by atoms with Crippen LogP contribution in [0.5, 0.6) is 5.75 Å². The van der Waals surface area contributed by atoms with E-state index in [0.29, 0.717) is 13.0 Å². The van der Waals surface area contributed by atoms with Crippen LogP contribution >= 0.6 is 0 Å². The van der Waals surface area contributed by atoms with E-state index in [2.05, 4.69) is 50.2 Å². The lowest BCUT2D eigenvalue weighted by atomic mass is 9.86. The van der Waals surface area contributed by atoms with E-state index in [0.717, 1.165) is 69.0 Å². The summed E-state index contributed by atoms with van der Waals surface area (Å²) in [5.74, 6) is 1.66. The minimum atomic E-state index is -0.0615. The molecule has 0 aromatic heterocycles. The van der Waals surface area contributed by atoms with Crippen molar-refractivity contribution in [1.82, 2.24) is 0 Å². The standard InChI is InChI=1S/C31H44O4/c1-3-5-22-33-23-6-7-24-34-29-19-15-28(16-20-29)27-13-8-26(9-14-27)12-21-31(32)35-30-17-10-25(4-2)11-18-30/h8-9,13-16,19-20,25,30H,3-7,10-12,17-18,21-24H2,1-2H3. The number of aryl methyl sites for hydroxylation is 1.